The van der Waals surface area contributed by atoms with Crippen LogP contribution in [0.15, 0.2) is 78.9 Å². The highest BCUT2D eigenvalue weighted by Crippen LogP contribution is 2.37. The molecule has 3 aromatic rings. The molecule has 3 nitrogen and oxygen atoms in total. The van der Waals surface area contributed by atoms with Crippen molar-refractivity contribution >= 4 is 22.7 Å². The van der Waals surface area contributed by atoms with Gasteiger partial charge in [-0.3, -0.25) is 4.79 Å². The smallest absolute Gasteiger partial charge is 0.259 e. The third kappa shape index (κ3) is 3.22. The van der Waals surface area contributed by atoms with Gasteiger partial charge < -0.3 is 9.64 Å². The molecule has 0 bridgehead atoms. The lowest BCUT2D eigenvalue weighted by atomic mass is 9.97. The monoisotopic (exact) mass is 359 g/mol. The predicted molar refractivity (Wildman–Crippen MR) is 105 cm³/mol. The molecule has 4 heteroatoms. The summed E-state index contributed by atoms with van der Waals surface area (Å²) < 4.78 is 18.9. The van der Waals surface area contributed by atoms with Gasteiger partial charge in [-0.05, 0) is 47.0 Å². The van der Waals surface area contributed by atoms with Gasteiger partial charge in [0.2, 0.25) is 0 Å². The van der Waals surface area contributed by atoms with E-state index in [9.17, 15) is 9.18 Å². The molecule has 0 radical (unpaired) electrons. The fourth-order valence-corrected chi connectivity index (χ4v) is 3.36. The standard InChI is InChI=1S/C23H18FNO2/c1-27-20-12-10-17(11-13-20)22-21(16-6-3-2-4-7-16)15-25(23(22)26)19-9-5-8-18(24)14-19/h2-14H,15H2,1H3. The second-order valence-electron chi connectivity index (χ2n) is 6.32. The van der Waals surface area contributed by atoms with E-state index in [-0.39, 0.29) is 11.7 Å². The highest BCUT2D eigenvalue weighted by atomic mass is 19.1. The van der Waals surface area contributed by atoms with E-state index in [4.69, 9.17) is 4.74 Å². The number of anilines is 1. The number of rotatable bonds is 4. The molecular formula is C23H18FNO2. The molecule has 4 rings (SSSR count). The first-order valence-electron chi connectivity index (χ1n) is 8.68. The average Bonchev–Trinajstić information content (AvgIpc) is 3.06. The Morgan fingerprint density at radius 1 is 0.889 bits per heavy atom. The molecule has 0 spiro atoms. The van der Waals surface area contributed by atoms with Crippen molar-refractivity contribution in [1.29, 1.82) is 0 Å². The third-order valence-corrected chi connectivity index (χ3v) is 4.70. The van der Waals surface area contributed by atoms with Crippen LogP contribution in [0.4, 0.5) is 10.1 Å². The Kier molecular flexibility index (Phi) is 4.47. The first kappa shape index (κ1) is 17.0. The Hall–Kier alpha value is -3.40. The second-order valence-corrected chi connectivity index (χ2v) is 6.32. The lowest BCUT2D eigenvalue weighted by Gasteiger charge is -2.17. The van der Waals surface area contributed by atoms with Crippen LogP contribution < -0.4 is 9.64 Å². The number of hydrogen-bond acceptors (Lipinski definition) is 2. The van der Waals surface area contributed by atoms with Crippen molar-refractivity contribution in [2.75, 3.05) is 18.6 Å². The van der Waals surface area contributed by atoms with Crippen molar-refractivity contribution in [3.05, 3.63) is 95.8 Å². The molecule has 1 heterocycles. The molecule has 0 aromatic heterocycles. The van der Waals surface area contributed by atoms with Gasteiger partial charge in [-0.1, -0.05) is 48.5 Å². The molecule has 0 unspecified atom stereocenters. The summed E-state index contributed by atoms with van der Waals surface area (Å²) in [6.45, 7) is 0.396. The quantitative estimate of drug-likeness (QED) is 0.670. The number of hydrogen-bond donors (Lipinski definition) is 0. The van der Waals surface area contributed by atoms with Gasteiger partial charge in [-0.25, -0.2) is 4.39 Å². The van der Waals surface area contributed by atoms with Crippen LogP contribution in [0.1, 0.15) is 11.1 Å². The van der Waals surface area contributed by atoms with Gasteiger partial charge in [0, 0.05) is 5.69 Å². The number of carbonyl (C=O) groups excluding carboxylic acids is 1. The summed E-state index contributed by atoms with van der Waals surface area (Å²) in [5, 5.41) is 0. The second kappa shape index (κ2) is 7.08. The van der Waals surface area contributed by atoms with Crippen molar-refractivity contribution < 1.29 is 13.9 Å². The van der Waals surface area contributed by atoms with Gasteiger partial charge in [0.05, 0.1) is 19.2 Å². The molecule has 0 saturated heterocycles. The molecule has 1 aliphatic heterocycles. The van der Waals surface area contributed by atoms with Crippen molar-refractivity contribution in [3.8, 4) is 5.75 Å². The number of halogens is 1. The zero-order valence-corrected chi connectivity index (χ0v) is 14.9. The average molecular weight is 359 g/mol. The summed E-state index contributed by atoms with van der Waals surface area (Å²) in [7, 11) is 1.61. The summed E-state index contributed by atoms with van der Waals surface area (Å²) in [6.07, 6.45) is 0. The summed E-state index contributed by atoms with van der Waals surface area (Å²) in [6, 6.07) is 23.4. The zero-order chi connectivity index (χ0) is 18.8. The Bertz CT molecular complexity index is 1010. The fourth-order valence-electron chi connectivity index (χ4n) is 3.36. The topological polar surface area (TPSA) is 29.5 Å². The van der Waals surface area contributed by atoms with Gasteiger partial charge in [0.1, 0.15) is 11.6 Å². The number of ether oxygens (including phenoxy) is 1. The number of nitrogens with zero attached hydrogens (tertiary/aromatic N) is 1. The fraction of sp³-hybridized carbons (Fsp3) is 0.0870. The lowest BCUT2D eigenvalue weighted by molar-refractivity contribution is -0.112. The zero-order valence-electron chi connectivity index (χ0n) is 14.9. The minimum atomic E-state index is -0.362. The lowest BCUT2D eigenvalue weighted by Crippen LogP contribution is -2.26. The van der Waals surface area contributed by atoms with Crippen molar-refractivity contribution in [1.82, 2.24) is 0 Å². The van der Waals surface area contributed by atoms with Gasteiger partial charge >= 0.3 is 0 Å². The van der Waals surface area contributed by atoms with Crippen LogP contribution in [0.5, 0.6) is 5.75 Å². The highest BCUT2D eigenvalue weighted by molar-refractivity contribution is 6.36. The van der Waals surface area contributed by atoms with E-state index in [0.717, 1.165) is 22.4 Å². The van der Waals surface area contributed by atoms with Gasteiger partial charge in [0.25, 0.3) is 5.91 Å². The molecule has 0 N–H and O–H groups in total. The van der Waals surface area contributed by atoms with Crippen molar-refractivity contribution in [2.45, 2.75) is 0 Å². The Morgan fingerprint density at radius 3 is 2.30 bits per heavy atom. The Labute approximate surface area is 157 Å². The third-order valence-electron chi connectivity index (χ3n) is 4.70. The van der Waals surface area contributed by atoms with Gasteiger partial charge in [-0.2, -0.15) is 0 Å². The van der Waals surface area contributed by atoms with Crippen LogP contribution in [0.2, 0.25) is 0 Å². The van der Waals surface area contributed by atoms with E-state index in [0.29, 0.717) is 17.8 Å². The molecule has 1 aliphatic rings. The predicted octanol–water partition coefficient (Wildman–Crippen LogP) is 4.79. The van der Waals surface area contributed by atoms with Gasteiger partial charge in [0.15, 0.2) is 0 Å². The van der Waals surface area contributed by atoms with Crippen molar-refractivity contribution in [2.24, 2.45) is 0 Å². The van der Waals surface area contributed by atoms with Crippen LogP contribution in [0, 0.1) is 5.82 Å². The summed E-state index contributed by atoms with van der Waals surface area (Å²) >= 11 is 0. The highest BCUT2D eigenvalue weighted by Gasteiger charge is 2.33. The Balaban J connectivity index is 1.82. The SMILES string of the molecule is COc1ccc(C2=C(c3ccccc3)CN(c3cccc(F)c3)C2=O)cc1. The molecule has 27 heavy (non-hydrogen) atoms. The van der Waals surface area contributed by atoms with E-state index in [2.05, 4.69) is 0 Å². The van der Waals surface area contributed by atoms with E-state index in [1.165, 1.54) is 12.1 Å². The summed E-state index contributed by atoms with van der Waals surface area (Å²) in [5.74, 6) is 0.233. The minimum Gasteiger partial charge on any atom is -0.497 e. The normalized spacial score (nSPS) is 14.0. The van der Waals surface area contributed by atoms with E-state index >= 15 is 0 Å². The molecule has 0 saturated carbocycles. The number of amides is 1. The maximum absolute atomic E-state index is 13.7. The maximum atomic E-state index is 13.7. The van der Waals surface area contributed by atoms with E-state index < -0.39 is 0 Å². The van der Waals surface area contributed by atoms with Crippen LogP contribution in [-0.2, 0) is 4.79 Å². The first-order chi connectivity index (χ1) is 13.2. The molecule has 3 aromatic carbocycles. The maximum Gasteiger partial charge on any atom is 0.259 e. The van der Waals surface area contributed by atoms with Crippen LogP contribution in [0.3, 0.4) is 0 Å². The van der Waals surface area contributed by atoms with Crippen molar-refractivity contribution in [3.63, 3.8) is 0 Å². The number of carbonyl (C=O) groups is 1. The molecule has 134 valence electrons. The molecule has 1 amide bonds. The number of benzene rings is 3. The summed E-state index contributed by atoms with van der Waals surface area (Å²) in [4.78, 5) is 14.9. The molecule has 0 fully saturated rings. The number of methoxy groups -OCH3 is 1. The van der Waals surface area contributed by atoms with Gasteiger partial charge in [-0.15, -0.1) is 0 Å². The minimum absolute atomic E-state index is 0.135. The van der Waals surface area contributed by atoms with E-state index in [1.54, 1.807) is 24.1 Å². The van der Waals surface area contributed by atoms with Crippen LogP contribution in [-0.4, -0.2) is 19.6 Å². The Morgan fingerprint density at radius 2 is 1.63 bits per heavy atom. The molecule has 0 atom stereocenters. The largest absolute Gasteiger partial charge is 0.497 e. The van der Waals surface area contributed by atoms with E-state index in [1.807, 2.05) is 54.6 Å². The van der Waals surface area contributed by atoms with Crippen LogP contribution in [0.25, 0.3) is 11.1 Å². The molecular weight excluding hydrogens is 341 g/mol. The summed E-state index contributed by atoms with van der Waals surface area (Å²) in [5.41, 5.74) is 3.91. The van der Waals surface area contributed by atoms with Crippen LogP contribution >= 0.6 is 0 Å². The first-order valence-corrected chi connectivity index (χ1v) is 8.68. The molecule has 0 aliphatic carbocycles.